The molecule has 1 aliphatic rings. The second-order valence-electron chi connectivity index (χ2n) is 5.27. The summed E-state index contributed by atoms with van der Waals surface area (Å²) in [5.41, 5.74) is 0.998. The summed E-state index contributed by atoms with van der Waals surface area (Å²) in [6, 6.07) is 5.33. The highest BCUT2D eigenvalue weighted by atomic mass is 79.9. The lowest BCUT2D eigenvalue weighted by Gasteiger charge is -2.34. The summed E-state index contributed by atoms with van der Waals surface area (Å²) in [6.07, 6.45) is 3.80. The number of nitrogens with one attached hydrogen (secondary N) is 1. The quantitative estimate of drug-likeness (QED) is 0.825. The van der Waals surface area contributed by atoms with Crippen LogP contribution in [0.3, 0.4) is 0 Å². The van der Waals surface area contributed by atoms with Crippen LogP contribution < -0.4 is 5.32 Å². The summed E-state index contributed by atoms with van der Waals surface area (Å²) in [7, 11) is 0. The van der Waals surface area contributed by atoms with Crippen molar-refractivity contribution in [2.45, 2.75) is 39.2 Å². The van der Waals surface area contributed by atoms with Gasteiger partial charge in [0, 0.05) is 16.2 Å². The van der Waals surface area contributed by atoms with Crippen LogP contribution in [0.5, 0.6) is 0 Å². The van der Waals surface area contributed by atoms with E-state index in [9.17, 15) is 4.39 Å². The summed E-state index contributed by atoms with van der Waals surface area (Å²) in [4.78, 5) is 0. The van der Waals surface area contributed by atoms with Crippen molar-refractivity contribution in [1.82, 2.24) is 0 Å². The van der Waals surface area contributed by atoms with Gasteiger partial charge in [-0.2, -0.15) is 0 Å². The molecule has 1 saturated carbocycles. The maximum atomic E-state index is 13.0. The molecule has 94 valence electrons. The van der Waals surface area contributed by atoms with Crippen LogP contribution in [0.4, 0.5) is 10.1 Å². The minimum absolute atomic E-state index is 0.201. The van der Waals surface area contributed by atoms with Crippen molar-refractivity contribution in [2.24, 2.45) is 11.8 Å². The zero-order valence-corrected chi connectivity index (χ0v) is 11.9. The van der Waals surface area contributed by atoms with Gasteiger partial charge in [0.1, 0.15) is 5.82 Å². The van der Waals surface area contributed by atoms with Crippen LogP contribution in [0.2, 0.25) is 0 Å². The SMILES string of the molecule is CC1CCC(C)C(Nc2ccc(F)cc2Br)C1. The lowest BCUT2D eigenvalue weighted by atomic mass is 9.80. The highest BCUT2D eigenvalue weighted by Crippen LogP contribution is 2.32. The summed E-state index contributed by atoms with van der Waals surface area (Å²) >= 11 is 3.41. The molecule has 2 rings (SSSR count). The van der Waals surface area contributed by atoms with E-state index in [-0.39, 0.29) is 5.82 Å². The molecule has 0 amide bonds. The van der Waals surface area contributed by atoms with E-state index in [4.69, 9.17) is 0 Å². The number of hydrogen-bond donors (Lipinski definition) is 1. The largest absolute Gasteiger partial charge is 0.381 e. The number of anilines is 1. The molecule has 3 heteroatoms. The smallest absolute Gasteiger partial charge is 0.124 e. The minimum atomic E-state index is -0.201. The molecule has 0 spiro atoms. The molecule has 1 fully saturated rings. The van der Waals surface area contributed by atoms with E-state index in [1.807, 2.05) is 6.07 Å². The monoisotopic (exact) mass is 299 g/mol. The fourth-order valence-corrected chi connectivity index (χ4v) is 3.01. The Morgan fingerprint density at radius 2 is 2.06 bits per heavy atom. The Balaban J connectivity index is 2.08. The van der Waals surface area contributed by atoms with E-state index in [0.717, 1.165) is 16.1 Å². The van der Waals surface area contributed by atoms with Crippen molar-refractivity contribution in [3.05, 3.63) is 28.5 Å². The molecule has 0 aliphatic heterocycles. The van der Waals surface area contributed by atoms with Crippen LogP contribution in [0, 0.1) is 17.7 Å². The molecule has 1 aromatic rings. The van der Waals surface area contributed by atoms with Crippen molar-refractivity contribution >= 4 is 21.6 Å². The molecule has 3 unspecified atom stereocenters. The first-order chi connectivity index (χ1) is 8.06. The first kappa shape index (κ1) is 12.9. The van der Waals surface area contributed by atoms with Crippen LogP contribution in [-0.2, 0) is 0 Å². The Hall–Kier alpha value is -0.570. The highest BCUT2D eigenvalue weighted by molar-refractivity contribution is 9.10. The summed E-state index contributed by atoms with van der Waals surface area (Å²) < 4.78 is 13.8. The molecule has 0 aromatic heterocycles. The fourth-order valence-electron chi connectivity index (χ4n) is 2.54. The Morgan fingerprint density at radius 3 is 2.76 bits per heavy atom. The molecule has 1 aromatic carbocycles. The second-order valence-corrected chi connectivity index (χ2v) is 6.12. The van der Waals surface area contributed by atoms with Gasteiger partial charge in [0.25, 0.3) is 0 Å². The standard InChI is InChI=1S/C14H19BrFN/c1-9-3-4-10(2)14(7-9)17-13-6-5-11(16)8-12(13)15/h5-6,8-10,14,17H,3-4,7H2,1-2H3. The molecular formula is C14H19BrFN. The Morgan fingerprint density at radius 1 is 1.29 bits per heavy atom. The number of rotatable bonds is 2. The minimum Gasteiger partial charge on any atom is -0.381 e. The van der Waals surface area contributed by atoms with Gasteiger partial charge >= 0.3 is 0 Å². The predicted molar refractivity (Wildman–Crippen MR) is 73.7 cm³/mol. The molecule has 1 N–H and O–H groups in total. The van der Waals surface area contributed by atoms with Gasteiger partial charge in [0.15, 0.2) is 0 Å². The number of benzene rings is 1. The van der Waals surface area contributed by atoms with Crippen molar-refractivity contribution < 1.29 is 4.39 Å². The maximum absolute atomic E-state index is 13.0. The molecule has 0 radical (unpaired) electrons. The van der Waals surface area contributed by atoms with Gasteiger partial charge in [-0.25, -0.2) is 4.39 Å². The topological polar surface area (TPSA) is 12.0 Å². The molecule has 3 atom stereocenters. The van der Waals surface area contributed by atoms with Crippen LogP contribution in [-0.4, -0.2) is 6.04 Å². The van der Waals surface area contributed by atoms with E-state index in [1.165, 1.54) is 31.4 Å². The molecule has 17 heavy (non-hydrogen) atoms. The lowest BCUT2D eigenvalue weighted by Crippen LogP contribution is -2.33. The molecular weight excluding hydrogens is 281 g/mol. The van der Waals surface area contributed by atoms with E-state index in [1.54, 1.807) is 0 Å². The Labute approximate surface area is 111 Å². The zero-order chi connectivity index (χ0) is 12.4. The third-order valence-electron chi connectivity index (χ3n) is 3.73. The number of halogens is 2. The van der Waals surface area contributed by atoms with Crippen LogP contribution in [0.15, 0.2) is 22.7 Å². The van der Waals surface area contributed by atoms with E-state index >= 15 is 0 Å². The van der Waals surface area contributed by atoms with Gasteiger partial charge in [-0.15, -0.1) is 0 Å². The Bertz CT molecular complexity index is 394. The molecule has 1 nitrogen and oxygen atoms in total. The summed E-state index contributed by atoms with van der Waals surface area (Å²) in [6.45, 7) is 4.60. The third kappa shape index (κ3) is 3.21. The van der Waals surface area contributed by atoms with Crippen molar-refractivity contribution in [3.63, 3.8) is 0 Å². The van der Waals surface area contributed by atoms with Gasteiger partial charge in [-0.3, -0.25) is 0 Å². The van der Waals surface area contributed by atoms with Gasteiger partial charge < -0.3 is 5.32 Å². The van der Waals surface area contributed by atoms with E-state index in [2.05, 4.69) is 35.1 Å². The van der Waals surface area contributed by atoms with Crippen molar-refractivity contribution in [3.8, 4) is 0 Å². The van der Waals surface area contributed by atoms with Gasteiger partial charge in [-0.05, 0) is 58.8 Å². The van der Waals surface area contributed by atoms with Crippen LogP contribution in [0.1, 0.15) is 33.1 Å². The normalized spacial score (nSPS) is 29.1. The van der Waals surface area contributed by atoms with Gasteiger partial charge in [-0.1, -0.05) is 20.3 Å². The average molecular weight is 300 g/mol. The maximum Gasteiger partial charge on any atom is 0.124 e. The lowest BCUT2D eigenvalue weighted by molar-refractivity contribution is 0.280. The summed E-state index contributed by atoms with van der Waals surface area (Å²) in [5, 5.41) is 3.54. The van der Waals surface area contributed by atoms with E-state index < -0.39 is 0 Å². The molecule has 1 aliphatic carbocycles. The third-order valence-corrected chi connectivity index (χ3v) is 4.39. The van der Waals surface area contributed by atoms with Crippen LogP contribution in [0.25, 0.3) is 0 Å². The number of hydrogen-bond acceptors (Lipinski definition) is 1. The predicted octanol–water partition coefficient (Wildman–Crippen LogP) is 4.82. The van der Waals surface area contributed by atoms with Gasteiger partial charge in [0.2, 0.25) is 0 Å². The van der Waals surface area contributed by atoms with Crippen molar-refractivity contribution in [2.75, 3.05) is 5.32 Å². The van der Waals surface area contributed by atoms with Crippen molar-refractivity contribution in [1.29, 1.82) is 0 Å². The molecule has 0 heterocycles. The molecule has 0 saturated heterocycles. The zero-order valence-electron chi connectivity index (χ0n) is 10.3. The second kappa shape index (κ2) is 5.38. The van der Waals surface area contributed by atoms with Crippen LogP contribution >= 0.6 is 15.9 Å². The first-order valence-corrected chi connectivity index (χ1v) is 7.07. The van der Waals surface area contributed by atoms with Gasteiger partial charge in [0.05, 0.1) is 0 Å². The molecule has 0 bridgehead atoms. The average Bonchev–Trinajstić information content (AvgIpc) is 2.27. The highest BCUT2D eigenvalue weighted by Gasteiger charge is 2.25. The summed E-state index contributed by atoms with van der Waals surface area (Å²) in [5.74, 6) is 1.26. The fraction of sp³-hybridized carbons (Fsp3) is 0.571. The first-order valence-electron chi connectivity index (χ1n) is 6.28. The van der Waals surface area contributed by atoms with E-state index in [0.29, 0.717) is 12.0 Å². The Kier molecular flexibility index (Phi) is 4.08.